The Hall–Kier alpha value is -1.16. The van der Waals surface area contributed by atoms with Gasteiger partial charge in [-0.25, -0.2) is 0 Å². The summed E-state index contributed by atoms with van der Waals surface area (Å²) in [5, 5.41) is 18.8. The van der Waals surface area contributed by atoms with Crippen LogP contribution in [0.4, 0.5) is 0 Å². The van der Waals surface area contributed by atoms with Crippen LogP contribution in [-0.2, 0) is 4.74 Å². The molecule has 0 aromatic carbocycles. The zero-order valence-corrected chi connectivity index (χ0v) is 7.31. The topological polar surface area (TPSA) is 54.6 Å². The van der Waals surface area contributed by atoms with Crippen molar-refractivity contribution in [3.8, 4) is 11.8 Å². The molecule has 1 fully saturated rings. The van der Waals surface area contributed by atoms with Gasteiger partial charge in [0.2, 0.25) is 0 Å². The fourth-order valence-electron chi connectivity index (χ4n) is 1.65. The number of aromatic nitrogens is 1. The van der Waals surface area contributed by atoms with Crippen LogP contribution in [0.15, 0.2) is 12.1 Å². The summed E-state index contributed by atoms with van der Waals surface area (Å²) in [6.45, 7) is 0.696. The largest absolute Gasteiger partial charge is 0.494 e. The van der Waals surface area contributed by atoms with Gasteiger partial charge in [-0.2, -0.15) is 0 Å². The fourth-order valence-corrected chi connectivity index (χ4v) is 1.65. The van der Waals surface area contributed by atoms with E-state index in [-0.39, 0.29) is 18.0 Å². The summed E-state index contributed by atoms with van der Waals surface area (Å²) in [5.74, 6) is 0.119. The maximum absolute atomic E-state index is 9.41. The number of hydrogen-bond donors (Lipinski definition) is 2. The second-order valence-electron chi connectivity index (χ2n) is 3.24. The van der Waals surface area contributed by atoms with Gasteiger partial charge in [-0.05, 0) is 19.3 Å². The summed E-state index contributed by atoms with van der Waals surface area (Å²) in [6, 6.07) is 2.93. The van der Waals surface area contributed by atoms with Crippen molar-refractivity contribution in [1.82, 2.24) is 4.57 Å². The van der Waals surface area contributed by atoms with Crippen molar-refractivity contribution >= 4 is 0 Å². The minimum Gasteiger partial charge on any atom is -0.494 e. The second-order valence-corrected chi connectivity index (χ2v) is 3.24. The molecule has 1 unspecified atom stereocenters. The molecule has 1 aliphatic rings. The van der Waals surface area contributed by atoms with E-state index in [1.807, 2.05) is 0 Å². The number of aromatic hydroxyl groups is 2. The predicted octanol–water partition coefficient (Wildman–Crippen LogP) is 1.60. The van der Waals surface area contributed by atoms with Crippen molar-refractivity contribution < 1.29 is 14.9 Å². The molecule has 1 aliphatic heterocycles. The molecule has 0 bridgehead atoms. The average molecular weight is 183 g/mol. The first kappa shape index (κ1) is 8.44. The van der Waals surface area contributed by atoms with E-state index < -0.39 is 0 Å². The molecule has 2 heterocycles. The maximum Gasteiger partial charge on any atom is 0.196 e. The van der Waals surface area contributed by atoms with Crippen LogP contribution in [0.5, 0.6) is 11.8 Å². The van der Waals surface area contributed by atoms with E-state index in [9.17, 15) is 10.2 Å². The van der Waals surface area contributed by atoms with Gasteiger partial charge in [0, 0.05) is 18.7 Å². The van der Waals surface area contributed by atoms with E-state index in [1.54, 1.807) is 0 Å². The maximum atomic E-state index is 9.41. The quantitative estimate of drug-likeness (QED) is 0.695. The predicted molar refractivity (Wildman–Crippen MR) is 46.6 cm³/mol. The van der Waals surface area contributed by atoms with Gasteiger partial charge in [-0.1, -0.05) is 0 Å². The van der Waals surface area contributed by atoms with Crippen LogP contribution in [0.3, 0.4) is 0 Å². The van der Waals surface area contributed by atoms with Crippen LogP contribution >= 0.6 is 0 Å². The fraction of sp³-hybridized carbons (Fsp3) is 0.556. The molecule has 1 atom stereocenters. The van der Waals surface area contributed by atoms with Crippen LogP contribution in [0.2, 0.25) is 0 Å². The normalized spacial score (nSPS) is 23.2. The number of hydrogen-bond acceptors (Lipinski definition) is 3. The van der Waals surface area contributed by atoms with Crippen molar-refractivity contribution in [1.29, 1.82) is 0 Å². The first-order chi connectivity index (χ1) is 6.29. The van der Waals surface area contributed by atoms with E-state index in [0.717, 1.165) is 19.3 Å². The Labute approximate surface area is 76.4 Å². The van der Waals surface area contributed by atoms with Crippen LogP contribution < -0.4 is 0 Å². The minimum absolute atomic E-state index is 0.0596. The Morgan fingerprint density at radius 1 is 1.23 bits per heavy atom. The lowest BCUT2D eigenvalue weighted by molar-refractivity contribution is -0.0386. The molecule has 2 rings (SSSR count). The Morgan fingerprint density at radius 3 is 2.46 bits per heavy atom. The molecule has 2 N–H and O–H groups in total. The lowest BCUT2D eigenvalue weighted by Crippen LogP contribution is -2.17. The standard InChI is InChI=1S/C9H13NO3/c11-7-4-5-8(12)10(7)9-3-1-2-6-13-9/h4-5,9,11-12H,1-3,6H2. The van der Waals surface area contributed by atoms with Gasteiger partial charge < -0.3 is 14.9 Å². The molecule has 0 radical (unpaired) electrons. The van der Waals surface area contributed by atoms with E-state index in [2.05, 4.69) is 0 Å². The van der Waals surface area contributed by atoms with E-state index in [0.29, 0.717) is 6.61 Å². The number of nitrogens with zero attached hydrogens (tertiary/aromatic N) is 1. The van der Waals surface area contributed by atoms with Crippen molar-refractivity contribution in [2.45, 2.75) is 25.5 Å². The summed E-state index contributed by atoms with van der Waals surface area (Å²) in [7, 11) is 0. The highest BCUT2D eigenvalue weighted by molar-refractivity contribution is 5.24. The smallest absolute Gasteiger partial charge is 0.196 e. The van der Waals surface area contributed by atoms with Gasteiger partial charge in [0.05, 0.1) is 0 Å². The summed E-state index contributed by atoms with van der Waals surface area (Å²) in [4.78, 5) is 0. The lowest BCUT2D eigenvalue weighted by atomic mass is 10.2. The van der Waals surface area contributed by atoms with Gasteiger partial charge in [0.1, 0.15) is 6.23 Å². The summed E-state index contributed by atoms with van der Waals surface area (Å²) >= 11 is 0. The second kappa shape index (κ2) is 3.30. The van der Waals surface area contributed by atoms with E-state index in [1.165, 1.54) is 16.7 Å². The molecule has 4 nitrogen and oxygen atoms in total. The first-order valence-electron chi connectivity index (χ1n) is 4.50. The Morgan fingerprint density at radius 2 is 1.92 bits per heavy atom. The third kappa shape index (κ3) is 1.49. The van der Waals surface area contributed by atoms with Gasteiger partial charge in [0.25, 0.3) is 0 Å². The minimum atomic E-state index is -0.205. The molecular weight excluding hydrogens is 170 g/mol. The highest BCUT2D eigenvalue weighted by atomic mass is 16.5. The molecule has 72 valence electrons. The monoisotopic (exact) mass is 183 g/mol. The first-order valence-corrected chi connectivity index (χ1v) is 4.50. The molecule has 1 saturated heterocycles. The van der Waals surface area contributed by atoms with Gasteiger partial charge in [-0.3, -0.25) is 4.57 Å². The summed E-state index contributed by atoms with van der Waals surface area (Å²) < 4.78 is 6.84. The van der Waals surface area contributed by atoms with Gasteiger partial charge >= 0.3 is 0 Å². The zero-order valence-electron chi connectivity index (χ0n) is 7.31. The summed E-state index contributed by atoms with van der Waals surface area (Å²) in [6.07, 6.45) is 2.76. The third-order valence-corrected chi connectivity index (χ3v) is 2.32. The lowest BCUT2D eigenvalue weighted by Gasteiger charge is -2.24. The van der Waals surface area contributed by atoms with Crippen molar-refractivity contribution in [3.05, 3.63) is 12.1 Å². The molecule has 0 spiro atoms. The molecule has 1 aromatic rings. The molecule has 0 amide bonds. The van der Waals surface area contributed by atoms with E-state index in [4.69, 9.17) is 4.74 Å². The van der Waals surface area contributed by atoms with Crippen LogP contribution in [0.25, 0.3) is 0 Å². The Kier molecular flexibility index (Phi) is 2.14. The molecule has 0 saturated carbocycles. The average Bonchev–Trinajstić information content (AvgIpc) is 2.48. The third-order valence-electron chi connectivity index (χ3n) is 2.32. The van der Waals surface area contributed by atoms with Crippen LogP contribution in [0, 0.1) is 0 Å². The molecule has 4 heteroatoms. The van der Waals surface area contributed by atoms with Crippen LogP contribution in [-0.4, -0.2) is 21.4 Å². The van der Waals surface area contributed by atoms with Crippen molar-refractivity contribution in [3.63, 3.8) is 0 Å². The Balaban J connectivity index is 2.22. The highest BCUT2D eigenvalue weighted by Crippen LogP contribution is 2.32. The van der Waals surface area contributed by atoms with Crippen LogP contribution in [0.1, 0.15) is 25.5 Å². The molecular formula is C9H13NO3. The Bertz CT molecular complexity index is 270. The van der Waals surface area contributed by atoms with Crippen molar-refractivity contribution in [2.24, 2.45) is 0 Å². The summed E-state index contributed by atoms with van der Waals surface area (Å²) in [5.41, 5.74) is 0. The number of ether oxygens (including phenoxy) is 1. The van der Waals surface area contributed by atoms with Crippen molar-refractivity contribution in [2.75, 3.05) is 6.61 Å². The highest BCUT2D eigenvalue weighted by Gasteiger charge is 2.20. The van der Waals surface area contributed by atoms with Gasteiger partial charge in [-0.15, -0.1) is 0 Å². The molecule has 1 aromatic heterocycles. The SMILES string of the molecule is Oc1ccc(O)n1C1CCCCO1. The molecule has 0 aliphatic carbocycles. The molecule has 13 heavy (non-hydrogen) atoms. The van der Waals surface area contributed by atoms with Gasteiger partial charge in [0.15, 0.2) is 11.8 Å². The number of rotatable bonds is 1. The zero-order chi connectivity index (χ0) is 9.26. The van der Waals surface area contributed by atoms with E-state index >= 15 is 0 Å².